The number of hydrogen-bond donors (Lipinski definition) is 1. The van der Waals surface area contributed by atoms with E-state index < -0.39 is 0 Å². The zero-order chi connectivity index (χ0) is 20.2. The molecule has 6 nitrogen and oxygen atoms in total. The van der Waals surface area contributed by atoms with Gasteiger partial charge < -0.3 is 10.2 Å². The summed E-state index contributed by atoms with van der Waals surface area (Å²) in [6.45, 7) is 3.58. The van der Waals surface area contributed by atoms with E-state index in [9.17, 15) is 14.4 Å². The summed E-state index contributed by atoms with van der Waals surface area (Å²) >= 11 is 0. The largest absolute Gasteiger partial charge is 0.336 e. The van der Waals surface area contributed by atoms with Gasteiger partial charge >= 0.3 is 0 Å². The third-order valence-corrected chi connectivity index (χ3v) is 5.66. The number of rotatable bonds is 5. The van der Waals surface area contributed by atoms with Crippen molar-refractivity contribution in [2.75, 3.05) is 38.0 Å². The van der Waals surface area contributed by atoms with Crippen LogP contribution in [0.25, 0.3) is 0 Å². The zero-order valence-corrected chi connectivity index (χ0v) is 16.4. The van der Waals surface area contributed by atoms with Crippen molar-refractivity contribution in [2.45, 2.75) is 19.3 Å². The highest BCUT2D eigenvalue weighted by Crippen LogP contribution is 2.24. The van der Waals surface area contributed by atoms with Crippen molar-refractivity contribution in [1.29, 1.82) is 0 Å². The highest BCUT2D eigenvalue weighted by atomic mass is 16.2. The number of Topliss-reactive ketones (excluding diaryl/α,β-unsaturated/α-hetero) is 1. The van der Waals surface area contributed by atoms with Crippen LogP contribution in [0.5, 0.6) is 0 Å². The van der Waals surface area contributed by atoms with Gasteiger partial charge in [0.15, 0.2) is 5.78 Å². The summed E-state index contributed by atoms with van der Waals surface area (Å²) in [4.78, 5) is 40.7. The molecule has 0 bridgehead atoms. The van der Waals surface area contributed by atoms with Gasteiger partial charge in [-0.2, -0.15) is 0 Å². The molecule has 1 fully saturated rings. The number of fused-ring (bicyclic) bond motifs is 1. The fraction of sp³-hybridized carbons (Fsp3) is 0.348. The maximum atomic E-state index is 12.9. The van der Waals surface area contributed by atoms with Crippen LogP contribution in [0.3, 0.4) is 0 Å². The maximum absolute atomic E-state index is 12.9. The van der Waals surface area contributed by atoms with Crippen LogP contribution in [0.1, 0.15) is 39.1 Å². The van der Waals surface area contributed by atoms with Gasteiger partial charge in [0.2, 0.25) is 5.91 Å². The minimum atomic E-state index is 0.0263. The number of carbonyl (C=O) groups excluding carboxylic acids is 3. The van der Waals surface area contributed by atoms with E-state index in [1.54, 1.807) is 6.07 Å². The average Bonchev–Trinajstić information content (AvgIpc) is 2.77. The molecule has 2 aliphatic rings. The first-order chi connectivity index (χ1) is 14.1. The molecule has 6 heteroatoms. The van der Waals surface area contributed by atoms with E-state index in [2.05, 4.69) is 10.2 Å². The topological polar surface area (TPSA) is 69.7 Å². The minimum absolute atomic E-state index is 0.0263. The normalized spacial score (nSPS) is 16.8. The number of aryl methyl sites for hydroxylation is 1. The fourth-order valence-corrected chi connectivity index (χ4v) is 3.90. The first kappa shape index (κ1) is 19.3. The second-order valence-electron chi connectivity index (χ2n) is 7.59. The number of ketones is 1. The Morgan fingerprint density at radius 3 is 2.41 bits per heavy atom. The van der Waals surface area contributed by atoms with E-state index >= 15 is 0 Å². The Bertz CT molecular complexity index is 918. The molecule has 1 N–H and O–H groups in total. The standard InChI is InChI=1S/C23H25N3O3/c27-21(17-4-2-1-3-5-17)10-11-25-12-14-26(15-13-25)23(29)19-6-8-20-18(16-19)7-9-22(28)24-20/h1-6,8,16H,7,9-15H2,(H,24,28). The molecule has 0 aliphatic carbocycles. The molecule has 2 heterocycles. The van der Waals surface area contributed by atoms with Crippen LogP contribution in [-0.4, -0.2) is 60.1 Å². The smallest absolute Gasteiger partial charge is 0.253 e. The number of nitrogens with zero attached hydrogens (tertiary/aromatic N) is 2. The van der Waals surface area contributed by atoms with Gasteiger partial charge in [-0.1, -0.05) is 30.3 Å². The summed E-state index contributed by atoms with van der Waals surface area (Å²) in [6.07, 6.45) is 1.63. The molecule has 0 radical (unpaired) electrons. The Morgan fingerprint density at radius 2 is 1.66 bits per heavy atom. The molecular formula is C23H25N3O3. The number of benzene rings is 2. The van der Waals surface area contributed by atoms with Crippen molar-refractivity contribution >= 4 is 23.3 Å². The Hall–Kier alpha value is -2.99. The van der Waals surface area contributed by atoms with Crippen LogP contribution in [0.2, 0.25) is 0 Å². The van der Waals surface area contributed by atoms with Gasteiger partial charge in [0.25, 0.3) is 5.91 Å². The summed E-state index contributed by atoms with van der Waals surface area (Å²) in [6, 6.07) is 14.9. The predicted molar refractivity (Wildman–Crippen MR) is 111 cm³/mol. The van der Waals surface area contributed by atoms with Crippen molar-refractivity contribution in [3.8, 4) is 0 Å². The van der Waals surface area contributed by atoms with Gasteiger partial charge in [-0.05, 0) is 30.2 Å². The summed E-state index contributed by atoms with van der Waals surface area (Å²) in [5.41, 5.74) is 3.26. The number of anilines is 1. The monoisotopic (exact) mass is 391 g/mol. The van der Waals surface area contributed by atoms with Crippen molar-refractivity contribution in [3.63, 3.8) is 0 Å². The number of carbonyl (C=O) groups is 3. The second-order valence-corrected chi connectivity index (χ2v) is 7.59. The van der Waals surface area contributed by atoms with Crippen molar-refractivity contribution in [1.82, 2.24) is 9.80 Å². The quantitative estimate of drug-likeness (QED) is 0.796. The molecule has 150 valence electrons. The van der Waals surface area contributed by atoms with Crippen LogP contribution in [0.15, 0.2) is 48.5 Å². The Labute approximate surface area is 170 Å². The molecule has 29 heavy (non-hydrogen) atoms. The van der Waals surface area contributed by atoms with Crippen LogP contribution >= 0.6 is 0 Å². The molecule has 0 atom stereocenters. The van der Waals surface area contributed by atoms with Gasteiger partial charge in [0, 0.05) is 62.4 Å². The molecule has 0 saturated carbocycles. The van der Waals surface area contributed by atoms with Crippen molar-refractivity contribution in [3.05, 3.63) is 65.2 Å². The summed E-state index contributed by atoms with van der Waals surface area (Å²) in [5, 5.41) is 2.85. The van der Waals surface area contributed by atoms with E-state index in [0.29, 0.717) is 44.5 Å². The van der Waals surface area contributed by atoms with Gasteiger partial charge in [0.1, 0.15) is 0 Å². The van der Waals surface area contributed by atoms with Crippen molar-refractivity contribution < 1.29 is 14.4 Å². The van der Waals surface area contributed by atoms with Crippen LogP contribution in [0, 0.1) is 0 Å². The van der Waals surface area contributed by atoms with Gasteiger partial charge in [0.05, 0.1) is 0 Å². The lowest BCUT2D eigenvalue weighted by atomic mass is 10.00. The molecular weight excluding hydrogens is 366 g/mol. The van der Waals surface area contributed by atoms with Crippen molar-refractivity contribution in [2.24, 2.45) is 0 Å². The van der Waals surface area contributed by atoms with E-state index in [1.807, 2.05) is 47.4 Å². The number of amides is 2. The Morgan fingerprint density at radius 1 is 0.897 bits per heavy atom. The fourth-order valence-electron chi connectivity index (χ4n) is 3.90. The zero-order valence-electron chi connectivity index (χ0n) is 16.4. The SMILES string of the molecule is O=C1CCc2cc(C(=O)N3CCN(CCC(=O)c4ccccc4)CC3)ccc2N1. The number of piperazine rings is 1. The minimum Gasteiger partial charge on any atom is -0.336 e. The molecule has 2 aromatic carbocycles. The first-order valence-corrected chi connectivity index (χ1v) is 10.1. The number of nitrogens with one attached hydrogen (secondary N) is 1. The van der Waals surface area contributed by atoms with E-state index in [4.69, 9.17) is 0 Å². The van der Waals surface area contributed by atoms with Crippen LogP contribution < -0.4 is 5.32 Å². The summed E-state index contributed by atoms with van der Waals surface area (Å²) in [5.74, 6) is 0.216. The molecule has 0 aromatic heterocycles. The van der Waals surface area contributed by atoms with Gasteiger partial charge in [-0.3, -0.25) is 19.3 Å². The predicted octanol–water partition coefficient (Wildman–Crippen LogP) is 2.60. The van der Waals surface area contributed by atoms with E-state index in [-0.39, 0.29) is 17.6 Å². The summed E-state index contributed by atoms with van der Waals surface area (Å²) in [7, 11) is 0. The van der Waals surface area contributed by atoms with E-state index in [1.165, 1.54) is 0 Å². The maximum Gasteiger partial charge on any atom is 0.253 e. The van der Waals surface area contributed by atoms with Crippen LogP contribution in [0.4, 0.5) is 5.69 Å². The summed E-state index contributed by atoms with van der Waals surface area (Å²) < 4.78 is 0. The third-order valence-electron chi connectivity index (χ3n) is 5.66. The molecule has 2 amide bonds. The molecule has 2 aromatic rings. The third kappa shape index (κ3) is 4.54. The highest BCUT2D eigenvalue weighted by molar-refractivity contribution is 5.98. The van der Waals surface area contributed by atoms with Gasteiger partial charge in [-0.25, -0.2) is 0 Å². The Balaban J connectivity index is 1.29. The highest BCUT2D eigenvalue weighted by Gasteiger charge is 2.24. The lowest BCUT2D eigenvalue weighted by Gasteiger charge is -2.34. The average molecular weight is 391 g/mol. The lowest BCUT2D eigenvalue weighted by molar-refractivity contribution is -0.116. The van der Waals surface area contributed by atoms with Gasteiger partial charge in [-0.15, -0.1) is 0 Å². The lowest BCUT2D eigenvalue weighted by Crippen LogP contribution is -2.49. The number of hydrogen-bond acceptors (Lipinski definition) is 4. The molecule has 1 saturated heterocycles. The molecule has 4 rings (SSSR count). The molecule has 0 unspecified atom stereocenters. The van der Waals surface area contributed by atoms with E-state index in [0.717, 1.165) is 29.9 Å². The van der Waals surface area contributed by atoms with Crippen LogP contribution in [-0.2, 0) is 11.2 Å². The molecule has 2 aliphatic heterocycles. The first-order valence-electron chi connectivity index (χ1n) is 10.1. The molecule has 0 spiro atoms. The second kappa shape index (κ2) is 8.57. The Kier molecular flexibility index (Phi) is 5.71.